The number of hydrogen-bond donors (Lipinski definition) is 1. The molecule has 4 rings (SSSR count). The SMILES string of the molecule is c1cc(-c2nc(CN3CCCC4CNCC43)cs2)cs1. The van der Waals surface area contributed by atoms with E-state index in [-0.39, 0.29) is 0 Å². The molecule has 0 radical (unpaired) electrons. The topological polar surface area (TPSA) is 28.2 Å². The molecule has 0 aliphatic carbocycles. The summed E-state index contributed by atoms with van der Waals surface area (Å²) in [6, 6.07) is 2.89. The van der Waals surface area contributed by atoms with Crippen molar-refractivity contribution in [3.63, 3.8) is 0 Å². The highest BCUT2D eigenvalue weighted by Crippen LogP contribution is 2.30. The molecule has 2 aromatic heterocycles. The first kappa shape index (κ1) is 13.0. The molecule has 3 nitrogen and oxygen atoms in total. The first-order chi connectivity index (χ1) is 9.90. The fourth-order valence-electron chi connectivity index (χ4n) is 3.47. The minimum absolute atomic E-state index is 0.732. The lowest BCUT2D eigenvalue weighted by molar-refractivity contribution is 0.116. The Morgan fingerprint density at radius 1 is 1.35 bits per heavy atom. The van der Waals surface area contributed by atoms with E-state index < -0.39 is 0 Å². The summed E-state index contributed by atoms with van der Waals surface area (Å²) in [5.74, 6) is 0.860. The average molecular weight is 305 g/mol. The van der Waals surface area contributed by atoms with Crippen LogP contribution in [0, 0.1) is 5.92 Å². The van der Waals surface area contributed by atoms with Gasteiger partial charge in [0, 0.05) is 35.5 Å². The number of fused-ring (bicyclic) bond motifs is 1. The van der Waals surface area contributed by atoms with Crippen molar-refractivity contribution in [3.8, 4) is 10.6 Å². The smallest absolute Gasteiger partial charge is 0.124 e. The molecule has 0 bridgehead atoms. The molecule has 2 aliphatic rings. The zero-order valence-corrected chi connectivity index (χ0v) is 13.1. The highest BCUT2D eigenvalue weighted by molar-refractivity contribution is 7.14. The molecule has 106 valence electrons. The maximum Gasteiger partial charge on any atom is 0.124 e. The van der Waals surface area contributed by atoms with Gasteiger partial charge in [0.05, 0.1) is 5.69 Å². The van der Waals surface area contributed by atoms with E-state index in [0.717, 1.165) is 25.0 Å². The molecule has 2 fully saturated rings. The molecule has 2 aliphatic heterocycles. The van der Waals surface area contributed by atoms with Gasteiger partial charge in [0.2, 0.25) is 0 Å². The van der Waals surface area contributed by atoms with Crippen LogP contribution in [0.5, 0.6) is 0 Å². The predicted octanol–water partition coefficient (Wildman–Crippen LogP) is 3.06. The van der Waals surface area contributed by atoms with Gasteiger partial charge in [-0.05, 0) is 43.3 Å². The van der Waals surface area contributed by atoms with Gasteiger partial charge in [-0.15, -0.1) is 11.3 Å². The third kappa shape index (κ3) is 2.44. The van der Waals surface area contributed by atoms with Gasteiger partial charge in [-0.25, -0.2) is 4.98 Å². The summed E-state index contributed by atoms with van der Waals surface area (Å²) in [6.45, 7) is 4.61. The van der Waals surface area contributed by atoms with Crippen LogP contribution < -0.4 is 5.32 Å². The van der Waals surface area contributed by atoms with Crippen LogP contribution in [0.1, 0.15) is 18.5 Å². The number of hydrogen-bond acceptors (Lipinski definition) is 5. The molecule has 0 saturated carbocycles. The Kier molecular flexibility index (Phi) is 3.60. The Labute approximate surface area is 127 Å². The van der Waals surface area contributed by atoms with Gasteiger partial charge in [-0.2, -0.15) is 11.3 Å². The molecule has 4 heterocycles. The van der Waals surface area contributed by atoms with Gasteiger partial charge in [0.25, 0.3) is 0 Å². The van der Waals surface area contributed by atoms with Gasteiger partial charge in [0.15, 0.2) is 0 Å². The van der Waals surface area contributed by atoms with Crippen LogP contribution in [0.15, 0.2) is 22.2 Å². The summed E-state index contributed by atoms with van der Waals surface area (Å²) in [6.07, 6.45) is 2.73. The Bertz CT molecular complexity index is 563. The number of thiazole rings is 1. The molecule has 2 saturated heterocycles. The van der Waals surface area contributed by atoms with Crippen molar-refractivity contribution in [2.75, 3.05) is 19.6 Å². The maximum atomic E-state index is 4.82. The van der Waals surface area contributed by atoms with Gasteiger partial charge in [-0.1, -0.05) is 0 Å². The first-order valence-corrected chi connectivity index (χ1v) is 9.14. The van der Waals surface area contributed by atoms with Crippen LogP contribution in [0.25, 0.3) is 10.6 Å². The maximum absolute atomic E-state index is 4.82. The largest absolute Gasteiger partial charge is 0.315 e. The van der Waals surface area contributed by atoms with E-state index in [1.165, 1.54) is 42.2 Å². The van der Waals surface area contributed by atoms with Crippen LogP contribution in [-0.2, 0) is 6.54 Å². The molecule has 0 spiro atoms. The number of piperidine rings is 1. The average Bonchev–Trinajstić information content (AvgIpc) is 3.20. The third-order valence-corrected chi connectivity index (χ3v) is 6.10. The van der Waals surface area contributed by atoms with Gasteiger partial charge < -0.3 is 5.32 Å². The fraction of sp³-hybridized carbons (Fsp3) is 0.533. The summed E-state index contributed by atoms with van der Waals surface area (Å²) < 4.78 is 0. The van der Waals surface area contributed by atoms with E-state index in [9.17, 15) is 0 Å². The van der Waals surface area contributed by atoms with Crippen LogP contribution in [-0.4, -0.2) is 35.6 Å². The second-order valence-electron chi connectivity index (χ2n) is 5.75. The van der Waals surface area contributed by atoms with Crippen molar-refractivity contribution in [2.45, 2.75) is 25.4 Å². The molecule has 1 N–H and O–H groups in total. The minimum Gasteiger partial charge on any atom is -0.315 e. The highest BCUT2D eigenvalue weighted by Gasteiger charge is 2.34. The number of nitrogens with one attached hydrogen (secondary N) is 1. The molecule has 0 amide bonds. The van der Waals surface area contributed by atoms with E-state index in [0.29, 0.717) is 0 Å². The van der Waals surface area contributed by atoms with E-state index in [1.54, 1.807) is 22.7 Å². The Hall–Kier alpha value is -0.750. The van der Waals surface area contributed by atoms with E-state index in [1.807, 2.05) is 0 Å². The van der Waals surface area contributed by atoms with Crippen molar-refractivity contribution in [2.24, 2.45) is 5.92 Å². The summed E-state index contributed by atoms with van der Waals surface area (Å²) in [7, 11) is 0. The Morgan fingerprint density at radius 2 is 2.35 bits per heavy atom. The quantitative estimate of drug-likeness (QED) is 0.944. The van der Waals surface area contributed by atoms with Crippen LogP contribution >= 0.6 is 22.7 Å². The van der Waals surface area contributed by atoms with Crippen molar-refractivity contribution in [1.29, 1.82) is 0 Å². The monoisotopic (exact) mass is 305 g/mol. The van der Waals surface area contributed by atoms with Gasteiger partial charge in [-0.3, -0.25) is 4.90 Å². The lowest BCUT2D eigenvalue weighted by atomic mass is 9.92. The molecular weight excluding hydrogens is 286 g/mol. The van der Waals surface area contributed by atoms with E-state index in [4.69, 9.17) is 4.98 Å². The highest BCUT2D eigenvalue weighted by atomic mass is 32.1. The van der Waals surface area contributed by atoms with Crippen LogP contribution in [0.3, 0.4) is 0 Å². The summed E-state index contributed by atoms with van der Waals surface area (Å²) >= 11 is 3.51. The number of aromatic nitrogens is 1. The lowest BCUT2D eigenvalue weighted by Gasteiger charge is -2.36. The zero-order valence-electron chi connectivity index (χ0n) is 11.4. The first-order valence-electron chi connectivity index (χ1n) is 7.32. The predicted molar refractivity (Wildman–Crippen MR) is 85.2 cm³/mol. The molecule has 2 atom stereocenters. The summed E-state index contributed by atoms with van der Waals surface area (Å²) in [5.41, 5.74) is 2.51. The number of rotatable bonds is 3. The minimum atomic E-state index is 0.732. The standard InChI is InChI=1S/C15H19N3S2/c1-2-11-6-16-7-14(11)18(4-1)8-13-10-20-15(17-13)12-3-5-19-9-12/h3,5,9-11,14,16H,1-2,4,6-8H2. The van der Waals surface area contributed by atoms with Crippen molar-refractivity contribution >= 4 is 22.7 Å². The number of nitrogens with zero attached hydrogens (tertiary/aromatic N) is 2. The third-order valence-electron chi connectivity index (χ3n) is 4.48. The summed E-state index contributed by atoms with van der Waals surface area (Å²) in [4.78, 5) is 7.46. The normalized spacial score (nSPS) is 26.8. The van der Waals surface area contributed by atoms with Gasteiger partial charge >= 0.3 is 0 Å². The van der Waals surface area contributed by atoms with Crippen molar-refractivity contribution in [3.05, 3.63) is 27.9 Å². The Morgan fingerprint density at radius 3 is 3.25 bits per heavy atom. The number of likely N-dealkylation sites (tertiary alicyclic amines) is 1. The second kappa shape index (κ2) is 5.56. The summed E-state index contributed by atoms with van der Waals surface area (Å²) in [5, 5.41) is 11.3. The van der Waals surface area contributed by atoms with Crippen molar-refractivity contribution in [1.82, 2.24) is 15.2 Å². The van der Waals surface area contributed by atoms with Crippen LogP contribution in [0.2, 0.25) is 0 Å². The van der Waals surface area contributed by atoms with Gasteiger partial charge in [0.1, 0.15) is 5.01 Å². The lowest BCUT2D eigenvalue weighted by Crippen LogP contribution is -2.44. The van der Waals surface area contributed by atoms with Crippen LogP contribution in [0.4, 0.5) is 0 Å². The van der Waals surface area contributed by atoms with Crippen molar-refractivity contribution < 1.29 is 0 Å². The molecule has 2 unspecified atom stereocenters. The molecular formula is C15H19N3S2. The Balaban J connectivity index is 1.48. The number of thiophene rings is 1. The zero-order chi connectivity index (χ0) is 13.4. The molecule has 2 aromatic rings. The molecule has 5 heteroatoms. The molecule has 20 heavy (non-hydrogen) atoms. The fourth-order valence-corrected chi connectivity index (χ4v) is 4.99. The second-order valence-corrected chi connectivity index (χ2v) is 7.39. The van der Waals surface area contributed by atoms with E-state index in [2.05, 4.69) is 32.4 Å². The van der Waals surface area contributed by atoms with E-state index >= 15 is 0 Å². The molecule has 0 aromatic carbocycles.